The van der Waals surface area contributed by atoms with Crippen LogP contribution in [0.15, 0.2) is 6.07 Å². The number of carbonyl (C=O) groups excluding carboxylic acids is 3. The van der Waals surface area contributed by atoms with Gasteiger partial charge in [0.15, 0.2) is 0 Å². The number of esters is 1. The van der Waals surface area contributed by atoms with Crippen molar-refractivity contribution < 1.29 is 19.1 Å². The fourth-order valence-corrected chi connectivity index (χ4v) is 5.28. The molecule has 1 spiro atoms. The molecule has 1 saturated carbocycles. The summed E-state index contributed by atoms with van der Waals surface area (Å²) < 4.78 is 4.99. The summed E-state index contributed by atoms with van der Waals surface area (Å²) in [6.07, 6.45) is 3.04. The molecule has 2 fully saturated rings. The molecule has 2 amide bonds. The van der Waals surface area contributed by atoms with Gasteiger partial charge >= 0.3 is 5.97 Å². The molecule has 1 saturated heterocycles. The molecule has 0 N–H and O–H groups in total. The fraction of sp³-hybridized carbons (Fsp3) is 0.625. The van der Waals surface area contributed by atoms with Crippen LogP contribution < -0.4 is 4.90 Å². The summed E-state index contributed by atoms with van der Waals surface area (Å²) in [6, 6.07) is 1.05. The van der Waals surface area contributed by atoms with Gasteiger partial charge in [-0.3, -0.25) is 14.5 Å². The highest BCUT2D eigenvalue weighted by Crippen LogP contribution is 2.43. The Bertz CT molecular complexity index is 954. The van der Waals surface area contributed by atoms with E-state index in [-0.39, 0.29) is 17.2 Å². The summed E-state index contributed by atoms with van der Waals surface area (Å²) in [4.78, 5) is 43.8. The van der Waals surface area contributed by atoms with Gasteiger partial charge in [0.1, 0.15) is 16.5 Å². The molecule has 1 aromatic rings. The summed E-state index contributed by atoms with van der Waals surface area (Å²) in [6.45, 7) is 9.92. The lowest BCUT2D eigenvalue weighted by atomic mass is 9.73. The molecule has 0 unspecified atom stereocenters. The van der Waals surface area contributed by atoms with Gasteiger partial charge in [-0.1, -0.05) is 18.8 Å². The first-order valence-corrected chi connectivity index (χ1v) is 11.6. The SMILES string of the molecule is COC(=O)c1sc(C#CC(C)(C)C)cc1N1C(=O)C2(CCC(C)CC2)N(C)C(=O)[C@H]1C. The number of anilines is 1. The predicted octanol–water partition coefficient (Wildman–Crippen LogP) is 4.07. The summed E-state index contributed by atoms with van der Waals surface area (Å²) in [5.41, 5.74) is -0.638. The number of amides is 2. The minimum atomic E-state index is -0.858. The van der Waals surface area contributed by atoms with Crippen LogP contribution in [0.25, 0.3) is 0 Å². The normalized spacial score (nSPS) is 26.7. The third kappa shape index (κ3) is 4.23. The van der Waals surface area contributed by atoms with Gasteiger partial charge in [-0.25, -0.2) is 4.79 Å². The van der Waals surface area contributed by atoms with Crippen molar-refractivity contribution in [1.29, 1.82) is 0 Å². The quantitative estimate of drug-likeness (QED) is 0.509. The lowest BCUT2D eigenvalue weighted by Gasteiger charge is -2.52. The Morgan fingerprint density at radius 2 is 1.84 bits per heavy atom. The van der Waals surface area contributed by atoms with Crippen LogP contribution in [0.3, 0.4) is 0 Å². The van der Waals surface area contributed by atoms with Crippen LogP contribution in [-0.4, -0.2) is 48.4 Å². The number of rotatable bonds is 2. The Balaban J connectivity index is 2.11. The molecule has 6 nitrogen and oxygen atoms in total. The van der Waals surface area contributed by atoms with E-state index in [1.165, 1.54) is 23.3 Å². The monoisotopic (exact) mass is 444 g/mol. The van der Waals surface area contributed by atoms with Crippen molar-refractivity contribution in [3.8, 4) is 11.8 Å². The van der Waals surface area contributed by atoms with E-state index in [0.29, 0.717) is 34.2 Å². The average molecular weight is 445 g/mol. The maximum Gasteiger partial charge on any atom is 0.350 e. The van der Waals surface area contributed by atoms with Crippen LogP contribution in [0.1, 0.15) is 74.9 Å². The fourth-order valence-electron chi connectivity index (χ4n) is 4.36. The molecule has 1 aliphatic heterocycles. The topological polar surface area (TPSA) is 66.9 Å². The summed E-state index contributed by atoms with van der Waals surface area (Å²) >= 11 is 1.20. The predicted molar refractivity (Wildman–Crippen MR) is 122 cm³/mol. The van der Waals surface area contributed by atoms with Crippen molar-refractivity contribution >= 4 is 34.8 Å². The molecule has 1 aromatic heterocycles. The van der Waals surface area contributed by atoms with Crippen LogP contribution in [0.2, 0.25) is 0 Å². The zero-order chi connectivity index (χ0) is 23.1. The van der Waals surface area contributed by atoms with E-state index < -0.39 is 17.6 Å². The van der Waals surface area contributed by atoms with E-state index in [9.17, 15) is 14.4 Å². The molecule has 2 aliphatic rings. The zero-order valence-electron chi connectivity index (χ0n) is 19.5. The molecular formula is C24H32N2O4S. The van der Waals surface area contributed by atoms with E-state index in [1.54, 1.807) is 24.9 Å². The third-order valence-electron chi connectivity index (χ3n) is 6.34. The Kier molecular flexibility index (Phi) is 6.25. The summed E-state index contributed by atoms with van der Waals surface area (Å²) in [5, 5.41) is 0. The molecule has 2 heterocycles. The van der Waals surface area contributed by atoms with E-state index in [2.05, 4.69) is 18.8 Å². The Morgan fingerprint density at radius 3 is 2.39 bits per heavy atom. The van der Waals surface area contributed by atoms with Gasteiger partial charge in [0.05, 0.1) is 17.7 Å². The Labute approximate surface area is 188 Å². The third-order valence-corrected chi connectivity index (χ3v) is 7.36. The number of hydrogen-bond donors (Lipinski definition) is 0. The van der Waals surface area contributed by atoms with Crippen molar-refractivity contribution in [1.82, 2.24) is 4.90 Å². The molecule has 3 rings (SSSR count). The average Bonchev–Trinajstić information content (AvgIpc) is 3.14. The zero-order valence-corrected chi connectivity index (χ0v) is 20.3. The van der Waals surface area contributed by atoms with E-state index in [1.807, 2.05) is 20.8 Å². The smallest absolute Gasteiger partial charge is 0.350 e. The van der Waals surface area contributed by atoms with Gasteiger partial charge in [-0.2, -0.15) is 0 Å². The van der Waals surface area contributed by atoms with Gasteiger partial charge in [0, 0.05) is 12.5 Å². The van der Waals surface area contributed by atoms with Gasteiger partial charge in [0.2, 0.25) is 5.91 Å². The second-order valence-electron chi connectivity index (χ2n) is 9.78. The molecule has 0 aromatic carbocycles. The minimum absolute atomic E-state index is 0.113. The minimum Gasteiger partial charge on any atom is -0.465 e. The van der Waals surface area contributed by atoms with Crippen LogP contribution in [0.4, 0.5) is 5.69 Å². The Hall–Kier alpha value is -2.33. The first-order chi connectivity index (χ1) is 14.4. The first-order valence-electron chi connectivity index (χ1n) is 10.8. The van der Waals surface area contributed by atoms with E-state index in [0.717, 1.165) is 12.8 Å². The van der Waals surface area contributed by atoms with E-state index in [4.69, 9.17) is 4.74 Å². The van der Waals surface area contributed by atoms with Crippen molar-refractivity contribution in [3.05, 3.63) is 15.8 Å². The van der Waals surface area contributed by atoms with Crippen molar-refractivity contribution in [3.63, 3.8) is 0 Å². The second kappa shape index (κ2) is 8.31. The van der Waals surface area contributed by atoms with E-state index >= 15 is 0 Å². The van der Waals surface area contributed by atoms with Crippen molar-refractivity contribution in [2.45, 2.75) is 71.9 Å². The summed E-state index contributed by atoms with van der Waals surface area (Å²) in [7, 11) is 3.05. The van der Waals surface area contributed by atoms with Crippen molar-refractivity contribution in [2.75, 3.05) is 19.1 Å². The lowest BCUT2D eigenvalue weighted by molar-refractivity contribution is -0.154. The maximum atomic E-state index is 13.9. The molecule has 1 atom stereocenters. The van der Waals surface area contributed by atoms with Gasteiger partial charge in [-0.15, -0.1) is 11.3 Å². The second-order valence-corrected chi connectivity index (χ2v) is 10.8. The summed E-state index contributed by atoms with van der Waals surface area (Å²) in [5.74, 6) is 6.06. The number of nitrogens with zero attached hydrogens (tertiary/aromatic N) is 2. The largest absolute Gasteiger partial charge is 0.465 e. The molecule has 0 radical (unpaired) electrons. The Morgan fingerprint density at radius 1 is 1.23 bits per heavy atom. The number of carbonyl (C=O) groups is 3. The molecular weight excluding hydrogens is 412 g/mol. The number of methoxy groups -OCH3 is 1. The highest BCUT2D eigenvalue weighted by molar-refractivity contribution is 7.15. The highest BCUT2D eigenvalue weighted by Gasteiger charge is 2.55. The molecule has 1 aliphatic carbocycles. The lowest BCUT2D eigenvalue weighted by Crippen LogP contribution is -2.71. The van der Waals surface area contributed by atoms with Crippen LogP contribution in [-0.2, 0) is 14.3 Å². The standard InChI is InChI=1S/C24H32N2O4S/c1-15-8-12-24(13-9-15)22(29)26(16(2)20(27)25(24)6)18-14-17(10-11-23(3,4)5)31-19(18)21(28)30-7/h14-16H,8-9,12-13H2,1-7H3/t15?,16-,24?/m1/s1. The van der Waals surface area contributed by atoms with Crippen LogP contribution in [0, 0.1) is 23.2 Å². The van der Waals surface area contributed by atoms with Gasteiger partial charge in [0.25, 0.3) is 5.91 Å². The van der Waals surface area contributed by atoms with Crippen molar-refractivity contribution in [2.24, 2.45) is 11.3 Å². The molecule has 168 valence electrons. The molecule has 7 heteroatoms. The first kappa shape index (κ1) is 23.3. The van der Waals surface area contributed by atoms with Gasteiger partial charge in [-0.05, 0) is 65.4 Å². The highest BCUT2D eigenvalue weighted by atomic mass is 32.1. The number of likely N-dealkylation sites (N-methyl/N-ethyl adjacent to an activating group) is 1. The molecule has 31 heavy (non-hydrogen) atoms. The number of hydrogen-bond acceptors (Lipinski definition) is 5. The van der Waals surface area contributed by atoms with Crippen LogP contribution >= 0.6 is 11.3 Å². The van der Waals surface area contributed by atoms with Crippen LogP contribution in [0.5, 0.6) is 0 Å². The number of ether oxygens (including phenoxy) is 1. The maximum absolute atomic E-state index is 13.9. The molecule has 0 bridgehead atoms. The van der Waals surface area contributed by atoms with Gasteiger partial charge < -0.3 is 9.64 Å². The number of thiophene rings is 1. The number of piperazine rings is 1.